The molecule has 0 saturated heterocycles. The van der Waals surface area contributed by atoms with E-state index in [2.05, 4.69) is 16.4 Å². The highest BCUT2D eigenvalue weighted by atomic mass is 16.5. The Morgan fingerprint density at radius 1 is 1.32 bits per heavy atom. The van der Waals surface area contributed by atoms with Gasteiger partial charge in [0, 0.05) is 30.3 Å². The Hall–Kier alpha value is -1.81. The average molecular weight is 257 g/mol. The second kappa shape index (κ2) is 5.05. The van der Waals surface area contributed by atoms with Crippen molar-refractivity contribution in [3.8, 4) is 0 Å². The first-order valence-electron chi connectivity index (χ1n) is 6.71. The number of methoxy groups -OCH3 is 1. The smallest absolute Gasteiger partial charge is 0.0772 e. The third kappa shape index (κ3) is 2.24. The van der Waals surface area contributed by atoms with Gasteiger partial charge in [0.25, 0.3) is 0 Å². The summed E-state index contributed by atoms with van der Waals surface area (Å²) in [4.78, 5) is 4.12. The Labute approximate surface area is 113 Å². The minimum Gasteiger partial charge on any atom is -0.397 e. The summed E-state index contributed by atoms with van der Waals surface area (Å²) in [5, 5.41) is 5.65. The number of rotatable bonds is 3. The summed E-state index contributed by atoms with van der Waals surface area (Å²) < 4.78 is 5.51. The minimum atomic E-state index is 0.285. The number of nitrogen functional groups attached to an aromatic ring is 1. The molecule has 19 heavy (non-hydrogen) atoms. The van der Waals surface area contributed by atoms with E-state index in [4.69, 9.17) is 10.5 Å². The van der Waals surface area contributed by atoms with Gasteiger partial charge in [-0.1, -0.05) is 6.07 Å². The van der Waals surface area contributed by atoms with E-state index >= 15 is 0 Å². The maximum atomic E-state index is 6.25. The van der Waals surface area contributed by atoms with Crippen LogP contribution in [0.2, 0.25) is 0 Å². The molecule has 1 saturated carbocycles. The van der Waals surface area contributed by atoms with Gasteiger partial charge < -0.3 is 15.8 Å². The molecule has 1 aliphatic rings. The van der Waals surface area contributed by atoms with Crippen LogP contribution in [0.15, 0.2) is 30.6 Å². The zero-order chi connectivity index (χ0) is 13.2. The van der Waals surface area contributed by atoms with E-state index in [-0.39, 0.29) is 6.10 Å². The van der Waals surface area contributed by atoms with Gasteiger partial charge in [0.05, 0.1) is 23.5 Å². The summed E-state index contributed by atoms with van der Waals surface area (Å²) in [6, 6.07) is 6.40. The maximum Gasteiger partial charge on any atom is 0.0772 e. The fourth-order valence-electron chi connectivity index (χ4n) is 2.89. The van der Waals surface area contributed by atoms with E-state index in [1.165, 1.54) is 6.42 Å². The fraction of sp³-hybridized carbons (Fsp3) is 0.400. The molecule has 2 aromatic rings. The molecule has 1 aliphatic carbocycles. The number of benzene rings is 1. The van der Waals surface area contributed by atoms with E-state index in [1.807, 2.05) is 18.3 Å². The van der Waals surface area contributed by atoms with Crippen LogP contribution in [0.5, 0.6) is 0 Å². The monoisotopic (exact) mass is 257 g/mol. The minimum absolute atomic E-state index is 0.285. The van der Waals surface area contributed by atoms with Crippen molar-refractivity contribution in [3.05, 3.63) is 30.6 Å². The molecule has 100 valence electrons. The highest BCUT2D eigenvalue weighted by molar-refractivity contribution is 5.98. The Morgan fingerprint density at radius 2 is 2.21 bits per heavy atom. The lowest BCUT2D eigenvalue weighted by molar-refractivity contribution is 0.101. The van der Waals surface area contributed by atoms with Crippen LogP contribution in [0.25, 0.3) is 10.8 Å². The molecule has 3 N–H and O–H groups in total. The van der Waals surface area contributed by atoms with E-state index in [0.717, 1.165) is 35.0 Å². The lowest BCUT2D eigenvalue weighted by atomic mass is 10.1. The van der Waals surface area contributed by atoms with Crippen molar-refractivity contribution in [1.82, 2.24) is 4.98 Å². The summed E-state index contributed by atoms with van der Waals surface area (Å²) in [5.74, 6) is 0. The molecule has 1 heterocycles. The van der Waals surface area contributed by atoms with Gasteiger partial charge in [-0.25, -0.2) is 0 Å². The number of nitrogens with one attached hydrogen (secondary N) is 1. The number of aromatic nitrogens is 1. The second-order valence-electron chi connectivity index (χ2n) is 5.08. The molecule has 3 rings (SSSR count). The van der Waals surface area contributed by atoms with Crippen LogP contribution >= 0.6 is 0 Å². The molecule has 1 fully saturated rings. The van der Waals surface area contributed by atoms with E-state index in [9.17, 15) is 0 Å². The second-order valence-corrected chi connectivity index (χ2v) is 5.08. The number of nitrogens with two attached hydrogens (primary N) is 1. The molecule has 1 aromatic heterocycles. The molecule has 4 nitrogen and oxygen atoms in total. The zero-order valence-electron chi connectivity index (χ0n) is 11.1. The normalized spacial score (nSPS) is 22.8. The molecule has 4 heteroatoms. The number of nitrogens with zero attached hydrogens (tertiary/aromatic N) is 1. The first-order valence-corrected chi connectivity index (χ1v) is 6.71. The van der Waals surface area contributed by atoms with Crippen LogP contribution in [0, 0.1) is 0 Å². The van der Waals surface area contributed by atoms with Crippen LogP contribution in [0.4, 0.5) is 11.4 Å². The lowest BCUT2D eigenvalue weighted by Crippen LogP contribution is -2.30. The molecule has 2 unspecified atom stereocenters. The topological polar surface area (TPSA) is 60.2 Å². The van der Waals surface area contributed by atoms with Crippen molar-refractivity contribution >= 4 is 22.1 Å². The maximum absolute atomic E-state index is 6.25. The molecular weight excluding hydrogens is 238 g/mol. The number of fused-ring (bicyclic) bond motifs is 1. The van der Waals surface area contributed by atoms with Gasteiger partial charge in [0.2, 0.25) is 0 Å². The van der Waals surface area contributed by atoms with Gasteiger partial charge >= 0.3 is 0 Å². The van der Waals surface area contributed by atoms with Gasteiger partial charge in [0.15, 0.2) is 0 Å². The number of ether oxygens (including phenoxy) is 1. The van der Waals surface area contributed by atoms with Gasteiger partial charge in [-0.05, 0) is 31.4 Å². The number of pyridine rings is 1. The number of hydrogen-bond donors (Lipinski definition) is 2. The molecule has 0 aliphatic heterocycles. The summed E-state index contributed by atoms with van der Waals surface area (Å²) in [5.41, 5.74) is 8.04. The molecule has 0 radical (unpaired) electrons. The highest BCUT2D eigenvalue weighted by Gasteiger charge is 2.27. The Bertz CT molecular complexity index is 585. The van der Waals surface area contributed by atoms with Gasteiger partial charge in [-0.2, -0.15) is 0 Å². The molecule has 1 aromatic carbocycles. The average Bonchev–Trinajstić information content (AvgIpc) is 2.89. The molecule has 0 bridgehead atoms. The number of anilines is 2. The van der Waals surface area contributed by atoms with E-state index in [0.29, 0.717) is 6.04 Å². The predicted molar refractivity (Wildman–Crippen MR) is 78.2 cm³/mol. The lowest BCUT2D eigenvalue weighted by Gasteiger charge is -2.22. The van der Waals surface area contributed by atoms with Crippen molar-refractivity contribution in [1.29, 1.82) is 0 Å². The Balaban J connectivity index is 1.91. The molecule has 0 amide bonds. The predicted octanol–water partition coefficient (Wildman–Crippen LogP) is 2.80. The van der Waals surface area contributed by atoms with Crippen molar-refractivity contribution in [2.24, 2.45) is 0 Å². The fourth-order valence-corrected chi connectivity index (χ4v) is 2.89. The van der Waals surface area contributed by atoms with Crippen LogP contribution < -0.4 is 11.1 Å². The first kappa shape index (κ1) is 12.2. The number of hydrogen-bond acceptors (Lipinski definition) is 4. The van der Waals surface area contributed by atoms with Gasteiger partial charge in [0.1, 0.15) is 0 Å². The van der Waals surface area contributed by atoms with Crippen molar-refractivity contribution in [3.63, 3.8) is 0 Å². The van der Waals surface area contributed by atoms with Crippen LogP contribution in [0.1, 0.15) is 19.3 Å². The van der Waals surface area contributed by atoms with Gasteiger partial charge in [-0.3, -0.25) is 4.98 Å². The van der Waals surface area contributed by atoms with Crippen molar-refractivity contribution in [2.75, 3.05) is 18.2 Å². The summed E-state index contributed by atoms with van der Waals surface area (Å²) in [7, 11) is 1.78. The third-order valence-corrected chi connectivity index (χ3v) is 3.96. The molecule has 2 atom stereocenters. The van der Waals surface area contributed by atoms with Crippen LogP contribution in [0.3, 0.4) is 0 Å². The Morgan fingerprint density at radius 3 is 3.05 bits per heavy atom. The van der Waals surface area contributed by atoms with E-state index in [1.54, 1.807) is 13.3 Å². The van der Waals surface area contributed by atoms with Crippen LogP contribution in [-0.4, -0.2) is 24.2 Å². The van der Waals surface area contributed by atoms with Crippen LogP contribution in [-0.2, 0) is 4.74 Å². The summed E-state index contributed by atoms with van der Waals surface area (Å²) >= 11 is 0. The summed E-state index contributed by atoms with van der Waals surface area (Å²) in [6.45, 7) is 0. The van der Waals surface area contributed by atoms with E-state index < -0.39 is 0 Å². The Kier molecular flexibility index (Phi) is 3.25. The quantitative estimate of drug-likeness (QED) is 0.830. The standard InChI is InChI=1S/C15H19N3O/c1-19-14-4-2-3-12(14)18-13-6-5-10-9-17-8-7-11(10)15(13)16/h5-9,12,14,18H,2-4,16H2,1H3. The third-order valence-electron chi connectivity index (χ3n) is 3.96. The van der Waals surface area contributed by atoms with Crippen molar-refractivity contribution < 1.29 is 4.74 Å². The van der Waals surface area contributed by atoms with Crippen molar-refractivity contribution in [2.45, 2.75) is 31.4 Å². The SMILES string of the molecule is COC1CCCC1Nc1ccc2cnccc2c1N. The largest absolute Gasteiger partial charge is 0.397 e. The molecule has 0 spiro atoms. The zero-order valence-corrected chi connectivity index (χ0v) is 11.1. The first-order chi connectivity index (χ1) is 9.29. The molecular formula is C15H19N3O. The highest BCUT2D eigenvalue weighted by Crippen LogP contribution is 2.31. The summed E-state index contributed by atoms with van der Waals surface area (Å²) in [6.07, 6.45) is 7.34. The van der Waals surface area contributed by atoms with Gasteiger partial charge in [-0.15, -0.1) is 0 Å².